The van der Waals surface area contributed by atoms with Gasteiger partial charge in [0.15, 0.2) is 5.82 Å². The van der Waals surface area contributed by atoms with Gasteiger partial charge in [-0.25, -0.2) is 29.9 Å². The summed E-state index contributed by atoms with van der Waals surface area (Å²) in [5.74, 6) is 0.655. The van der Waals surface area contributed by atoms with E-state index < -0.39 is 0 Å². The zero-order chi connectivity index (χ0) is 28.1. The molecule has 3 aromatic heterocycles. The predicted octanol–water partition coefficient (Wildman–Crippen LogP) is 8.06. The standard InChI is InChI=1S/C36H24N6/c1-2-7-25(8-3-1)26-9-6-14-31(17-26)36-41-34(29-12-4-10-27(15-29)32-19-37-23-38-20-32)18-35(42-36)30-13-5-11-28(16-30)33-21-39-24-40-22-33/h1-24H. The van der Waals surface area contributed by atoms with Crippen LogP contribution in [-0.4, -0.2) is 29.9 Å². The molecule has 0 radical (unpaired) electrons. The maximum Gasteiger partial charge on any atom is 0.160 e. The lowest BCUT2D eigenvalue weighted by Gasteiger charge is -2.12. The van der Waals surface area contributed by atoms with Gasteiger partial charge in [0.1, 0.15) is 12.7 Å². The molecular formula is C36H24N6. The minimum Gasteiger partial charge on any atom is -0.244 e. The molecule has 3 heterocycles. The van der Waals surface area contributed by atoms with E-state index >= 15 is 0 Å². The Morgan fingerprint density at radius 1 is 0.310 bits per heavy atom. The Kier molecular flexibility index (Phi) is 6.76. The molecule has 0 spiro atoms. The molecule has 0 amide bonds. The van der Waals surface area contributed by atoms with Crippen LogP contribution in [0.4, 0.5) is 0 Å². The third kappa shape index (κ3) is 5.29. The Hall–Kier alpha value is -5.88. The molecule has 0 aliphatic heterocycles. The fraction of sp³-hybridized carbons (Fsp3) is 0. The van der Waals surface area contributed by atoms with Gasteiger partial charge in [0.25, 0.3) is 0 Å². The molecular weight excluding hydrogens is 516 g/mol. The molecule has 198 valence electrons. The van der Waals surface area contributed by atoms with Gasteiger partial charge in [-0.2, -0.15) is 0 Å². The molecule has 6 heteroatoms. The molecule has 0 fully saturated rings. The Labute approximate surface area is 243 Å². The van der Waals surface area contributed by atoms with Crippen molar-refractivity contribution in [2.75, 3.05) is 0 Å². The molecule has 0 N–H and O–H groups in total. The summed E-state index contributed by atoms with van der Waals surface area (Å²) in [6.45, 7) is 0. The van der Waals surface area contributed by atoms with E-state index in [0.29, 0.717) is 5.82 Å². The lowest BCUT2D eigenvalue weighted by molar-refractivity contribution is 1.17. The van der Waals surface area contributed by atoms with Crippen molar-refractivity contribution in [2.45, 2.75) is 0 Å². The first-order valence-corrected chi connectivity index (χ1v) is 13.6. The van der Waals surface area contributed by atoms with Crippen LogP contribution >= 0.6 is 0 Å². The molecule has 0 aliphatic rings. The highest BCUT2D eigenvalue weighted by Gasteiger charge is 2.13. The fourth-order valence-corrected chi connectivity index (χ4v) is 4.95. The molecule has 42 heavy (non-hydrogen) atoms. The minimum atomic E-state index is 0.655. The van der Waals surface area contributed by atoms with Gasteiger partial charge < -0.3 is 0 Å². The Morgan fingerprint density at radius 2 is 0.714 bits per heavy atom. The van der Waals surface area contributed by atoms with E-state index in [4.69, 9.17) is 9.97 Å². The van der Waals surface area contributed by atoms with Crippen molar-refractivity contribution in [3.05, 3.63) is 147 Å². The topological polar surface area (TPSA) is 77.3 Å². The Balaban J connectivity index is 1.38. The van der Waals surface area contributed by atoms with Gasteiger partial charge in [-0.1, -0.05) is 84.9 Å². The lowest BCUT2D eigenvalue weighted by Crippen LogP contribution is -1.97. The molecule has 0 unspecified atom stereocenters. The summed E-state index contributed by atoms with van der Waals surface area (Å²) >= 11 is 0. The summed E-state index contributed by atoms with van der Waals surface area (Å²) < 4.78 is 0. The summed E-state index contributed by atoms with van der Waals surface area (Å²) in [6, 6.07) is 37.3. The zero-order valence-electron chi connectivity index (χ0n) is 22.5. The number of hydrogen-bond donors (Lipinski definition) is 0. The summed E-state index contributed by atoms with van der Waals surface area (Å²) in [4.78, 5) is 26.9. The molecule has 0 saturated carbocycles. The van der Waals surface area contributed by atoms with Crippen molar-refractivity contribution >= 4 is 0 Å². The van der Waals surface area contributed by atoms with Crippen LogP contribution in [0.25, 0.3) is 67.3 Å². The third-order valence-electron chi connectivity index (χ3n) is 7.06. The smallest absolute Gasteiger partial charge is 0.160 e. The molecule has 6 nitrogen and oxygen atoms in total. The number of benzene rings is 4. The summed E-state index contributed by atoms with van der Waals surface area (Å²) in [7, 11) is 0. The molecule has 7 rings (SSSR count). The summed E-state index contributed by atoms with van der Waals surface area (Å²) in [5.41, 5.74) is 10.7. The van der Waals surface area contributed by atoms with Crippen molar-refractivity contribution in [1.29, 1.82) is 0 Å². The zero-order valence-corrected chi connectivity index (χ0v) is 22.5. The van der Waals surface area contributed by atoms with E-state index in [1.807, 2.05) is 61.2 Å². The molecule has 4 aromatic carbocycles. The predicted molar refractivity (Wildman–Crippen MR) is 166 cm³/mol. The van der Waals surface area contributed by atoms with Crippen LogP contribution in [0, 0.1) is 0 Å². The highest BCUT2D eigenvalue weighted by atomic mass is 14.9. The van der Waals surface area contributed by atoms with Crippen LogP contribution in [0.1, 0.15) is 0 Å². The SMILES string of the molecule is c1ccc(-c2cccc(-c3nc(-c4cccc(-c5cncnc5)c4)cc(-c4cccc(-c5cncnc5)c4)n3)c2)cc1. The van der Waals surface area contributed by atoms with Crippen molar-refractivity contribution in [1.82, 2.24) is 29.9 Å². The van der Waals surface area contributed by atoms with E-state index in [9.17, 15) is 0 Å². The van der Waals surface area contributed by atoms with Crippen LogP contribution in [0.3, 0.4) is 0 Å². The summed E-state index contributed by atoms with van der Waals surface area (Å²) in [6.07, 6.45) is 10.3. The van der Waals surface area contributed by atoms with E-state index in [-0.39, 0.29) is 0 Å². The van der Waals surface area contributed by atoms with Crippen LogP contribution < -0.4 is 0 Å². The third-order valence-corrected chi connectivity index (χ3v) is 7.06. The second-order valence-electron chi connectivity index (χ2n) is 9.82. The molecule has 0 bridgehead atoms. The average molecular weight is 541 g/mol. The second-order valence-corrected chi connectivity index (χ2v) is 9.82. The van der Waals surface area contributed by atoms with Gasteiger partial charge in [-0.05, 0) is 46.5 Å². The van der Waals surface area contributed by atoms with Crippen molar-refractivity contribution in [3.8, 4) is 67.3 Å². The van der Waals surface area contributed by atoms with Crippen molar-refractivity contribution < 1.29 is 0 Å². The summed E-state index contributed by atoms with van der Waals surface area (Å²) in [5, 5.41) is 0. The van der Waals surface area contributed by atoms with Crippen LogP contribution in [0.15, 0.2) is 147 Å². The van der Waals surface area contributed by atoms with Gasteiger partial charge in [0.05, 0.1) is 11.4 Å². The van der Waals surface area contributed by atoms with Gasteiger partial charge in [0, 0.05) is 52.6 Å². The number of rotatable bonds is 6. The fourth-order valence-electron chi connectivity index (χ4n) is 4.95. The Morgan fingerprint density at radius 3 is 1.24 bits per heavy atom. The maximum atomic E-state index is 5.09. The Bertz CT molecular complexity index is 1730. The highest BCUT2D eigenvalue weighted by Crippen LogP contribution is 2.32. The normalized spacial score (nSPS) is 10.9. The number of nitrogens with zero attached hydrogens (tertiary/aromatic N) is 6. The van der Waals surface area contributed by atoms with Gasteiger partial charge in [-0.15, -0.1) is 0 Å². The molecule has 0 aliphatic carbocycles. The van der Waals surface area contributed by atoms with Crippen molar-refractivity contribution in [2.24, 2.45) is 0 Å². The highest BCUT2D eigenvalue weighted by molar-refractivity contribution is 5.78. The van der Waals surface area contributed by atoms with E-state index in [2.05, 4.69) is 92.7 Å². The maximum absolute atomic E-state index is 5.09. The van der Waals surface area contributed by atoms with Crippen LogP contribution in [0.2, 0.25) is 0 Å². The van der Waals surface area contributed by atoms with Gasteiger partial charge in [0.2, 0.25) is 0 Å². The second kappa shape index (κ2) is 11.3. The number of aromatic nitrogens is 6. The minimum absolute atomic E-state index is 0.655. The van der Waals surface area contributed by atoms with Crippen LogP contribution in [-0.2, 0) is 0 Å². The largest absolute Gasteiger partial charge is 0.244 e. The van der Waals surface area contributed by atoms with E-state index in [0.717, 1.165) is 61.5 Å². The van der Waals surface area contributed by atoms with Gasteiger partial charge >= 0.3 is 0 Å². The first-order valence-electron chi connectivity index (χ1n) is 13.6. The first kappa shape index (κ1) is 25.1. The van der Waals surface area contributed by atoms with E-state index in [1.165, 1.54) is 12.7 Å². The molecule has 7 aromatic rings. The molecule has 0 atom stereocenters. The van der Waals surface area contributed by atoms with Crippen molar-refractivity contribution in [3.63, 3.8) is 0 Å². The van der Waals surface area contributed by atoms with Gasteiger partial charge in [-0.3, -0.25) is 0 Å². The quantitative estimate of drug-likeness (QED) is 0.212. The van der Waals surface area contributed by atoms with E-state index in [1.54, 1.807) is 0 Å². The van der Waals surface area contributed by atoms with Crippen LogP contribution in [0.5, 0.6) is 0 Å². The first-order chi connectivity index (χ1) is 20.8. The molecule has 0 saturated heterocycles. The number of hydrogen-bond acceptors (Lipinski definition) is 6. The average Bonchev–Trinajstić information content (AvgIpc) is 3.09. The lowest BCUT2D eigenvalue weighted by atomic mass is 10.00. The monoisotopic (exact) mass is 540 g/mol.